The number of pyridine rings is 1. The van der Waals surface area contributed by atoms with Gasteiger partial charge in [0.1, 0.15) is 12.4 Å². The van der Waals surface area contributed by atoms with Crippen molar-refractivity contribution >= 4 is 17.6 Å². The first-order chi connectivity index (χ1) is 8.65. The average molecular weight is 264 g/mol. The normalized spacial score (nSPS) is 10.1. The molecule has 0 atom stereocenters. The third-order valence-corrected chi connectivity index (χ3v) is 2.46. The second kappa shape index (κ2) is 5.51. The van der Waals surface area contributed by atoms with Crippen LogP contribution < -0.4 is 4.74 Å². The lowest BCUT2D eigenvalue weighted by atomic mass is 10.2. The van der Waals surface area contributed by atoms with E-state index in [4.69, 9.17) is 21.4 Å². The van der Waals surface area contributed by atoms with Gasteiger partial charge in [0.05, 0.1) is 5.56 Å². The van der Waals surface area contributed by atoms with Crippen LogP contribution in [0.1, 0.15) is 15.9 Å². The number of aromatic nitrogens is 1. The Labute approximate surface area is 109 Å². The zero-order valence-electron chi connectivity index (χ0n) is 9.34. The standard InChI is InChI=1S/C13H10ClNO3/c14-11-4-10(13(16)17)5-12(6-11)18-8-9-2-1-3-15-7-9/h1-7H,8H2,(H,16,17). The molecule has 4 nitrogen and oxygen atoms in total. The summed E-state index contributed by atoms with van der Waals surface area (Å²) in [6.45, 7) is 0.313. The Morgan fingerprint density at radius 3 is 2.89 bits per heavy atom. The van der Waals surface area contributed by atoms with Gasteiger partial charge in [0.15, 0.2) is 0 Å². The molecule has 92 valence electrons. The third-order valence-electron chi connectivity index (χ3n) is 2.25. The second-order valence-electron chi connectivity index (χ2n) is 3.63. The van der Waals surface area contributed by atoms with Crippen molar-refractivity contribution in [1.29, 1.82) is 0 Å². The van der Waals surface area contributed by atoms with E-state index in [0.29, 0.717) is 17.4 Å². The third kappa shape index (κ3) is 3.21. The highest BCUT2D eigenvalue weighted by Gasteiger charge is 2.07. The molecule has 0 saturated carbocycles. The van der Waals surface area contributed by atoms with Gasteiger partial charge >= 0.3 is 5.97 Å². The van der Waals surface area contributed by atoms with Gasteiger partial charge in [-0.15, -0.1) is 0 Å². The Balaban J connectivity index is 2.12. The van der Waals surface area contributed by atoms with E-state index < -0.39 is 5.97 Å². The minimum atomic E-state index is -1.04. The van der Waals surface area contributed by atoms with Crippen LogP contribution in [0.15, 0.2) is 42.7 Å². The van der Waals surface area contributed by atoms with Crippen molar-refractivity contribution in [2.24, 2.45) is 0 Å². The van der Waals surface area contributed by atoms with Gasteiger partial charge in [-0.1, -0.05) is 17.7 Å². The predicted octanol–water partition coefficient (Wildman–Crippen LogP) is 3.01. The summed E-state index contributed by atoms with van der Waals surface area (Å²) in [5, 5.41) is 9.22. The molecule has 0 aliphatic heterocycles. The van der Waals surface area contributed by atoms with Gasteiger partial charge in [-0.2, -0.15) is 0 Å². The van der Waals surface area contributed by atoms with E-state index in [1.165, 1.54) is 12.1 Å². The Morgan fingerprint density at radius 2 is 2.22 bits per heavy atom. The monoisotopic (exact) mass is 263 g/mol. The zero-order valence-corrected chi connectivity index (χ0v) is 10.1. The van der Waals surface area contributed by atoms with Gasteiger partial charge in [-0.25, -0.2) is 4.79 Å². The molecule has 0 spiro atoms. The molecule has 2 rings (SSSR count). The molecule has 1 N–H and O–H groups in total. The molecule has 0 aliphatic rings. The molecule has 1 aromatic carbocycles. The molecule has 0 aliphatic carbocycles. The Hall–Kier alpha value is -2.07. The number of rotatable bonds is 4. The summed E-state index contributed by atoms with van der Waals surface area (Å²) >= 11 is 5.82. The molecule has 18 heavy (non-hydrogen) atoms. The number of benzene rings is 1. The van der Waals surface area contributed by atoms with Crippen molar-refractivity contribution in [3.05, 3.63) is 58.9 Å². The molecule has 0 fully saturated rings. The molecule has 2 aromatic rings. The van der Waals surface area contributed by atoms with Crippen molar-refractivity contribution in [2.45, 2.75) is 6.61 Å². The fourth-order valence-electron chi connectivity index (χ4n) is 1.42. The van der Waals surface area contributed by atoms with Crippen molar-refractivity contribution in [3.8, 4) is 5.75 Å². The molecule has 1 heterocycles. The zero-order chi connectivity index (χ0) is 13.0. The Morgan fingerprint density at radius 1 is 1.39 bits per heavy atom. The van der Waals surface area contributed by atoms with Crippen LogP contribution >= 0.6 is 11.6 Å². The molecule has 0 radical (unpaired) electrons. The van der Waals surface area contributed by atoms with Crippen LogP contribution in [0.2, 0.25) is 5.02 Å². The van der Waals surface area contributed by atoms with E-state index in [0.717, 1.165) is 5.56 Å². The largest absolute Gasteiger partial charge is 0.489 e. The summed E-state index contributed by atoms with van der Waals surface area (Å²) < 4.78 is 5.48. The molecular formula is C13H10ClNO3. The summed E-state index contributed by atoms with van der Waals surface area (Å²) in [4.78, 5) is 14.8. The van der Waals surface area contributed by atoms with Crippen molar-refractivity contribution < 1.29 is 14.6 Å². The van der Waals surface area contributed by atoms with Gasteiger partial charge < -0.3 is 9.84 Å². The van der Waals surface area contributed by atoms with Crippen LogP contribution in [0.4, 0.5) is 0 Å². The lowest BCUT2D eigenvalue weighted by Gasteiger charge is -2.07. The summed E-state index contributed by atoms with van der Waals surface area (Å²) in [6.07, 6.45) is 3.36. The van der Waals surface area contributed by atoms with Crippen molar-refractivity contribution in [1.82, 2.24) is 4.98 Å². The smallest absolute Gasteiger partial charge is 0.335 e. The quantitative estimate of drug-likeness (QED) is 0.921. The van der Waals surface area contributed by atoms with Gasteiger partial charge in [0.2, 0.25) is 0 Å². The molecule has 0 amide bonds. The van der Waals surface area contributed by atoms with Crippen LogP contribution in [0, 0.1) is 0 Å². The fourth-order valence-corrected chi connectivity index (χ4v) is 1.64. The first-order valence-electron chi connectivity index (χ1n) is 5.21. The number of aromatic carboxylic acids is 1. The van der Waals surface area contributed by atoms with Gasteiger partial charge in [-0.3, -0.25) is 4.98 Å². The highest BCUT2D eigenvalue weighted by molar-refractivity contribution is 6.31. The number of hydrogen-bond acceptors (Lipinski definition) is 3. The molecular weight excluding hydrogens is 254 g/mol. The topological polar surface area (TPSA) is 59.4 Å². The number of carboxylic acids is 1. The Kier molecular flexibility index (Phi) is 3.79. The number of nitrogens with zero attached hydrogens (tertiary/aromatic N) is 1. The molecule has 0 bridgehead atoms. The van der Waals surface area contributed by atoms with Crippen molar-refractivity contribution in [3.63, 3.8) is 0 Å². The number of ether oxygens (including phenoxy) is 1. The minimum absolute atomic E-state index is 0.101. The molecule has 0 saturated heterocycles. The maximum atomic E-state index is 10.9. The highest BCUT2D eigenvalue weighted by atomic mass is 35.5. The fraction of sp³-hybridized carbons (Fsp3) is 0.0769. The van der Waals surface area contributed by atoms with Gasteiger partial charge in [-0.05, 0) is 24.3 Å². The maximum Gasteiger partial charge on any atom is 0.335 e. The molecule has 5 heteroatoms. The number of hydrogen-bond donors (Lipinski definition) is 1. The predicted molar refractivity (Wildman–Crippen MR) is 67.0 cm³/mol. The van der Waals surface area contributed by atoms with Crippen LogP contribution in [0.25, 0.3) is 0 Å². The molecule has 0 unspecified atom stereocenters. The summed E-state index contributed by atoms with van der Waals surface area (Å²) in [6, 6.07) is 8.06. The van der Waals surface area contributed by atoms with Crippen LogP contribution in [0.3, 0.4) is 0 Å². The number of carboxylic acid groups (broad SMARTS) is 1. The van der Waals surface area contributed by atoms with Crippen LogP contribution in [-0.4, -0.2) is 16.1 Å². The van der Waals surface area contributed by atoms with Gasteiger partial charge in [0.25, 0.3) is 0 Å². The van der Waals surface area contributed by atoms with E-state index in [2.05, 4.69) is 4.98 Å². The van der Waals surface area contributed by atoms with E-state index >= 15 is 0 Å². The van der Waals surface area contributed by atoms with E-state index in [1.807, 2.05) is 6.07 Å². The average Bonchev–Trinajstić information content (AvgIpc) is 2.37. The molecule has 1 aromatic heterocycles. The van der Waals surface area contributed by atoms with E-state index in [-0.39, 0.29) is 5.56 Å². The lowest BCUT2D eigenvalue weighted by Crippen LogP contribution is -1.99. The summed E-state index contributed by atoms with van der Waals surface area (Å²) in [5.41, 5.74) is 0.998. The van der Waals surface area contributed by atoms with Gasteiger partial charge in [0, 0.05) is 23.0 Å². The lowest BCUT2D eigenvalue weighted by molar-refractivity contribution is 0.0696. The summed E-state index contributed by atoms with van der Waals surface area (Å²) in [5.74, 6) is -0.618. The highest BCUT2D eigenvalue weighted by Crippen LogP contribution is 2.22. The van der Waals surface area contributed by atoms with E-state index in [1.54, 1.807) is 24.5 Å². The number of halogens is 1. The van der Waals surface area contributed by atoms with E-state index in [9.17, 15) is 4.79 Å². The summed E-state index contributed by atoms with van der Waals surface area (Å²) in [7, 11) is 0. The first kappa shape index (κ1) is 12.4. The Bertz CT molecular complexity index is 557. The first-order valence-corrected chi connectivity index (χ1v) is 5.58. The SMILES string of the molecule is O=C(O)c1cc(Cl)cc(OCc2cccnc2)c1. The van der Waals surface area contributed by atoms with Crippen LogP contribution in [-0.2, 0) is 6.61 Å². The second-order valence-corrected chi connectivity index (χ2v) is 4.07. The van der Waals surface area contributed by atoms with Crippen LogP contribution in [0.5, 0.6) is 5.75 Å². The maximum absolute atomic E-state index is 10.9. The van der Waals surface area contributed by atoms with Crippen molar-refractivity contribution in [2.75, 3.05) is 0 Å². The number of carbonyl (C=O) groups is 1. The minimum Gasteiger partial charge on any atom is -0.489 e.